The Morgan fingerprint density at radius 2 is 2.31 bits per heavy atom. The fourth-order valence-corrected chi connectivity index (χ4v) is 2.04. The van der Waals surface area contributed by atoms with Crippen molar-refractivity contribution in [3.8, 4) is 0 Å². The molecule has 2 rings (SSSR count). The molecule has 0 amide bonds. The molecule has 0 atom stereocenters. The largest absolute Gasteiger partial charge is 0.370 e. The van der Waals surface area contributed by atoms with Crippen LogP contribution in [0.25, 0.3) is 0 Å². The van der Waals surface area contributed by atoms with E-state index in [1.165, 1.54) is 5.56 Å². The highest BCUT2D eigenvalue weighted by atomic mass is 32.2. The lowest BCUT2D eigenvalue weighted by Crippen LogP contribution is -1.98. The van der Waals surface area contributed by atoms with Crippen LogP contribution in [-0.4, -0.2) is 21.5 Å². The summed E-state index contributed by atoms with van der Waals surface area (Å²) < 4.78 is 0. The SMILES string of the molecule is CCNc1ccc(CSc2ncc[nH]2)cn1. The van der Waals surface area contributed by atoms with E-state index >= 15 is 0 Å². The molecular formula is C11H14N4S. The van der Waals surface area contributed by atoms with Gasteiger partial charge in [0.2, 0.25) is 0 Å². The van der Waals surface area contributed by atoms with Crippen molar-refractivity contribution >= 4 is 17.6 Å². The molecule has 0 radical (unpaired) electrons. The number of imidazole rings is 1. The third-order valence-corrected chi connectivity index (χ3v) is 3.01. The highest BCUT2D eigenvalue weighted by Crippen LogP contribution is 2.18. The predicted molar refractivity (Wildman–Crippen MR) is 66.5 cm³/mol. The van der Waals surface area contributed by atoms with Crippen LogP contribution in [0.5, 0.6) is 0 Å². The molecule has 4 nitrogen and oxygen atoms in total. The first kappa shape index (κ1) is 11.0. The van der Waals surface area contributed by atoms with Crippen molar-refractivity contribution in [2.75, 3.05) is 11.9 Å². The minimum Gasteiger partial charge on any atom is -0.370 e. The number of H-pyrrole nitrogens is 1. The minimum absolute atomic E-state index is 0.882. The zero-order valence-corrected chi connectivity index (χ0v) is 9.92. The van der Waals surface area contributed by atoms with Crippen LogP contribution in [0.15, 0.2) is 35.9 Å². The first-order valence-corrected chi connectivity index (χ1v) is 6.18. The topological polar surface area (TPSA) is 53.6 Å². The summed E-state index contributed by atoms with van der Waals surface area (Å²) in [7, 11) is 0. The van der Waals surface area contributed by atoms with Crippen LogP contribution in [0.4, 0.5) is 5.82 Å². The van der Waals surface area contributed by atoms with Gasteiger partial charge in [0.1, 0.15) is 5.82 Å². The van der Waals surface area contributed by atoms with E-state index in [1.54, 1.807) is 18.0 Å². The average Bonchev–Trinajstić information content (AvgIpc) is 2.82. The van der Waals surface area contributed by atoms with Crippen LogP contribution in [0.2, 0.25) is 0 Å². The Balaban J connectivity index is 1.90. The van der Waals surface area contributed by atoms with Crippen molar-refractivity contribution in [3.63, 3.8) is 0 Å². The number of nitrogens with one attached hydrogen (secondary N) is 2. The van der Waals surface area contributed by atoms with Crippen LogP contribution in [0, 0.1) is 0 Å². The molecular weight excluding hydrogens is 220 g/mol. The summed E-state index contributed by atoms with van der Waals surface area (Å²) in [6.07, 6.45) is 5.48. The molecule has 0 saturated heterocycles. The van der Waals surface area contributed by atoms with Crippen molar-refractivity contribution < 1.29 is 0 Å². The van der Waals surface area contributed by atoms with Crippen LogP contribution >= 0.6 is 11.8 Å². The van der Waals surface area contributed by atoms with E-state index in [0.29, 0.717) is 0 Å². The summed E-state index contributed by atoms with van der Waals surface area (Å²) in [6.45, 7) is 2.95. The number of anilines is 1. The Morgan fingerprint density at radius 1 is 1.38 bits per heavy atom. The highest BCUT2D eigenvalue weighted by molar-refractivity contribution is 7.98. The normalized spacial score (nSPS) is 10.3. The van der Waals surface area contributed by atoms with E-state index in [1.807, 2.05) is 18.5 Å². The number of thioether (sulfide) groups is 1. The Labute approximate surface area is 98.9 Å². The lowest BCUT2D eigenvalue weighted by Gasteiger charge is -2.03. The molecule has 0 fully saturated rings. The number of rotatable bonds is 5. The van der Waals surface area contributed by atoms with Gasteiger partial charge in [0.25, 0.3) is 0 Å². The lowest BCUT2D eigenvalue weighted by molar-refractivity contribution is 1.06. The van der Waals surface area contributed by atoms with E-state index in [4.69, 9.17) is 0 Å². The van der Waals surface area contributed by atoms with Crippen molar-refractivity contribution in [3.05, 3.63) is 36.3 Å². The van der Waals surface area contributed by atoms with Gasteiger partial charge in [-0.15, -0.1) is 0 Å². The standard InChI is InChI=1S/C11H14N4S/c1-2-12-10-4-3-9(7-15-10)8-16-11-13-5-6-14-11/h3-7H,2,8H2,1H3,(H,12,15)(H,13,14). The molecule has 16 heavy (non-hydrogen) atoms. The quantitative estimate of drug-likeness (QED) is 0.781. The second kappa shape index (κ2) is 5.55. The number of nitrogens with zero attached hydrogens (tertiary/aromatic N) is 2. The van der Waals surface area contributed by atoms with Gasteiger partial charge in [0, 0.05) is 30.9 Å². The third kappa shape index (κ3) is 3.00. The van der Waals surface area contributed by atoms with Gasteiger partial charge in [0.15, 0.2) is 5.16 Å². The predicted octanol–water partition coefficient (Wildman–Crippen LogP) is 2.53. The molecule has 0 aromatic carbocycles. The van der Waals surface area contributed by atoms with Gasteiger partial charge in [-0.25, -0.2) is 9.97 Å². The Hall–Kier alpha value is -1.49. The Morgan fingerprint density at radius 3 is 2.94 bits per heavy atom. The molecule has 0 saturated carbocycles. The van der Waals surface area contributed by atoms with Crippen LogP contribution < -0.4 is 5.32 Å². The molecule has 0 aliphatic heterocycles. The fourth-order valence-electron chi connectivity index (χ4n) is 1.28. The summed E-state index contributed by atoms with van der Waals surface area (Å²) in [6, 6.07) is 4.09. The smallest absolute Gasteiger partial charge is 0.165 e. The average molecular weight is 234 g/mol. The van der Waals surface area contributed by atoms with Gasteiger partial charge in [-0.2, -0.15) is 0 Å². The highest BCUT2D eigenvalue weighted by Gasteiger charge is 1.98. The summed E-state index contributed by atoms with van der Waals surface area (Å²) >= 11 is 1.67. The van der Waals surface area contributed by atoms with Crippen molar-refractivity contribution in [1.29, 1.82) is 0 Å². The van der Waals surface area contributed by atoms with Gasteiger partial charge in [-0.1, -0.05) is 17.8 Å². The summed E-state index contributed by atoms with van der Waals surface area (Å²) in [5.41, 5.74) is 1.20. The van der Waals surface area contributed by atoms with Gasteiger partial charge in [-0.05, 0) is 18.6 Å². The molecule has 2 N–H and O–H groups in total. The fraction of sp³-hybridized carbons (Fsp3) is 0.273. The monoisotopic (exact) mass is 234 g/mol. The first-order chi connectivity index (χ1) is 7.88. The second-order valence-corrected chi connectivity index (χ2v) is 4.23. The van der Waals surface area contributed by atoms with E-state index < -0.39 is 0 Å². The van der Waals surface area contributed by atoms with Gasteiger partial charge in [-0.3, -0.25) is 0 Å². The van der Waals surface area contributed by atoms with Crippen LogP contribution in [0.3, 0.4) is 0 Å². The van der Waals surface area contributed by atoms with Crippen molar-refractivity contribution in [2.24, 2.45) is 0 Å². The Bertz CT molecular complexity index is 410. The summed E-state index contributed by atoms with van der Waals surface area (Å²) in [5, 5.41) is 4.11. The maximum atomic E-state index is 4.31. The van der Waals surface area contributed by atoms with E-state index in [9.17, 15) is 0 Å². The van der Waals surface area contributed by atoms with Crippen molar-refractivity contribution in [1.82, 2.24) is 15.0 Å². The molecule has 0 unspecified atom stereocenters. The van der Waals surface area contributed by atoms with Crippen molar-refractivity contribution in [2.45, 2.75) is 17.8 Å². The first-order valence-electron chi connectivity index (χ1n) is 5.19. The third-order valence-electron chi connectivity index (χ3n) is 2.03. The molecule has 2 heterocycles. The van der Waals surface area contributed by atoms with E-state index in [0.717, 1.165) is 23.3 Å². The molecule has 84 valence electrons. The van der Waals surface area contributed by atoms with Gasteiger partial charge in [0.05, 0.1) is 0 Å². The molecule has 0 spiro atoms. The molecule has 5 heteroatoms. The number of hydrogen-bond acceptors (Lipinski definition) is 4. The molecule has 0 aliphatic carbocycles. The number of aromatic nitrogens is 3. The molecule has 2 aromatic rings. The maximum Gasteiger partial charge on any atom is 0.165 e. The van der Waals surface area contributed by atoms with Gasteiger partial charge >= 0.3 is 0 Å². The van der Waals surface area contributed by atoms with Gasteiger partial charge < -0.3 is 10.3 Å². The van der Waals surface area contributed by atoms with Crippen LogP contribution in [-0.2, 0) is 5.75 Å². The lowest BCUT2D eigenvalue weighted by atomic mass is 10.3. The Kier molecular flexibility index (Phi) is 3.82. The molecule has 0 bridgehead atoms. The summed E-state index contributed by atoms with van der Waals surface area (Å²) in [4.78, 5) is 11.5. The second-order valence-electron chi connectivity index (χ2n) is 3.27. The maximum absolute atomic E-state index is 4.31. The molecule has 2 aromatic heterocycles. The van der Waals surface area contributed by atoms with Crippen LogP contribution in [0.1, 0.15) is 12.5 Å². The number of pyridine rings is 1. The summed E-state index contributed by atoms with van der Waals surface area (Å²) in [5.74, 6) is 1.81. The van der Waals surface area contributed by atoms with E-state index in [2.05, 4.69) is 33.3 Å². The molecule has 0 aliphatic rings. The minimum atomic E-state index is 0.882. The zero-order valence-electron chi connectivity index (χ0n) is 9.10. The number of hydrogen-bond donors (Lipinski definition) is 2. The number of aromatic amines is 1. The zero-order chi connectivity index (χ0) is 11.2. The van der Waals surface area contributed by atoms with E-state index in [-0.39, 0.29) is 0 Å².